The van der Waals surface area contributed by atoms with Gasteiger partial charge >= 0.3 is 0 Å². The van der Waals surface area contributed by atoms with Crippen molar-refractivity contribution in [1.29, 1.82) is 0 Å². The van der Waals surface area contributed by atoms with Gasteiger partial charge in [-0.05, 0) is 42.2 Å². The summed E-state index contributed by atoms with van der Waals surface area (Å²) in [5, 5.41) is 0. The van der Waals surface area contributed by atoms with Crippen LogP contribution in [-0.4, -0.2) is 19.6 Å². The fraction of sp³-hybridized carbons (Fsp3) is 0.647. The van der Waals surface area contributed by atoms with Gasteiger partial charge in [0, 0.05) is 19.6 Å². The van der Waals surface area contributed by atoms with E-state index in [0.29, 0.717) is 23.6 Å². The zero-order valence-corrected chi connectivity index (χ0v) is 13.1. The van der Waals surface area contributed by atoms with Crippen molar-refractivity contribution in [3.63, 3.8) is 0 Å². The molecule has 3 heteroatoms. The monoisotopic (exact) mass is 278 g/mol. The first-order chi connectivity index (χ1) is 9.34. The zero-order chi connectivity index (χ0) is 14.9. The Morgan fingerprint density at radius 1 is 1.30 bits per heavy atom. The molecule has 3 atom stereocenters. The Kier molecular flexibility index (Phi) is 4.38. The lowest BCUT2D eigenvalue weighted by Gasteiger charge is -2.48. The largest absolute Gasteiger partial charge is 0.372 e. The molecule has 0 amide bonds. The van der Waals surface area contributed by atoms with Crippen molar-refractivity contribution in [3.8, 4) is 0 Å². The lowest BCUT2D eigenvalue weighted by molar-refractivity contribution is 0.0587. The summed E-state index contributed by atoms with van der Waals surface area (Å²) in [4.78, 5) is 2.05. The van der Waals surface area contributed by atoms with Crippen LogP contribution in [0.4, 0.5) is 10.1 Å². The van der Waals surface area contributed by atoms with E-state index in [9.17, 15) is 4.39 Å². The number of hydrogen-bond acceptors (Lipinski definition) is 2. The van der Waals surface area contributed by atoms with Crippen LogP contribution in [0.3, 0.4) is 0 Å². The number of benzene rings is 1. The van der Waals surface area contributed by atoms with Gasteiger partial charge < -0.3 is 10.6 Å². The number of anilines is 1. The number of para-hydroxylation sites is 1. The molecule has 2 rings (SSSR count). The molecule has 2 nitrogen and oxygen atoms in total. The summed E-state index contributed by atoms with van der Waals surface area (Å²) in [7, 11) is 1.98. The molecule has 0 bridgehead atoms. The quantitative estimate of drug-likeness (QED) is 0.914. The van der Waals surface area contributed by atoms with Gasteiger partial charge in [-0.2, -0.15) is 0 Å². The molecule has 0 aromatic heterocycles. The molecule has 1 aliphatic rings. The Bertz CT molecular complexity index is 458. The van der Waals surface area contributed by atoms with Crippen molar-refractivity contribution in [3.05, 3.63) is 30.1 Å². The first-order valence-electron chi connectivity index (χ1n) is 7.55. The summed E-state index contributed by atoms with van der Waals surface area (Å²) in [6.07, 6.45) is 2.19. The van der Waals surface area contributed by atoms with Crippen molar-refractivity contribution in [2.45, 2.75) is 39.7 Å². The maximum absolute atomic E-state index is 13.9. The summed E-state index contributed by atoms with van der Waals surface area (Å²) in [5.74, 6) is 0.894. The molecular formula is C17H27FN2. The van der Waals surface area contributed by atoms with Gasteiger partial charge in [0.25, 0.3) is 0 Å². The molecule has 3 unspecified atom stereocenters. The summed E-state index contributed by atoms with van der Waals surface area (Å²) < 4.78 is 13.9. The van der Waals surface area contributed by atoms with Crippen molar-refractivity contribution >= 4 is 5.69 Å². The van der Waals surface area contributed by atoms with E-state index >= 15 is 0 Å². The number of nitrogens with two attached hydrogens (primary N) is 1. The molecular weight excluding hydrogens is 251 g/mol. The van der Waals surface area contributed by atoms with Crippen molar-refractivity contribution in [2.24, 2.45) is 23.0 Å². The predicted molar refractivity (Wildman–Crippen MR) is 83.3 cm³/mol. The van der Waals surface area contributed by atoms with Crippen LogP contribution in [0, 0.1) is 23.1 Å². The third-order valence-electron chi connectivity index (χ3n) is 5.47. The smallest absolute Gasteiger partial charge is 0.146 e. The second-order valence-electron chi connectivity index (χ2n) is 6.88. The van der Waals surface area contributed by atoms with E-state index < -0.39 is 0 Å². The van der Waals surface area contributed by atoms with Crippen LogP contribution in [-0.2, 0) is 0 Å². The number of halogens is 1. The van der Waals surface area contributed by atoms with Gasteiger partial charge in [-0.25, -0.2) is 4.39 Å². The molecule has 0 heterocycles. The second kappa shape index (κ2) is 5.72. The van der Waals surface area contributed by atoms with Crippen LogP contribution in [0.1, 0.15) is 33.6 Å². The summed E-state index contributed by atoms with van der Waals surface area (Å²) >= 11 is 0. The minimum absolute atomic E-state index is 0.145. The van der Waals surface area contributed by atoms with Gasteiger partial charge in [-0.15, -0.1) is 0 Å². The maximum Gasteiger partial charge on any atom is 0.146 e. The highest BCUT2D eigenvalue weighted by Gasteiger charge is 2.41. The molecule has 20 heavy (non-hydrogen) atoms. The standard InChI is InChI=1S/C17H27FN2/c1-12-15(19)10-9-13(17(12,2)3)11-20(4)16-8-6-5-7-14(16)18/h5-8,12-13,15H,9-11,19H2,1-4H3. The van der Waals surface area contributed by atoms with Crippen molar-refractivity contribution in [2.75, 3.05) is 18.5 Å². The molecule has 112 valence electrons. The van der Waals surface area contributed by atoms with Gasteiger partial charge in [0.05, 0.1) is 5.69 Å². The van der Waals surface area contributed by atoms with E-state index in [1.165, 1.54) is 6.07 Å². The van der Waals surface area contributed by atoms with Crippen molar-refractivity contribution in [1.82, 2.24) is 0 Å². The summed E-state index contributed by atoms with van der Waals surface area (Å²) in [6, 6.07) is 7.29. The van der Waals surface area contributed by atoms with E-state index in [-0.39, 0.29) is 11.2 Å². The van der Waals surface area contributed by atoms with Gasteiger partial charge in [0.15, 0.2) is 0 Å². The van der Waals surface area contributed by atoms with Crippen molar-refractivity contribution < 1.29 is 4.39 Å². The predicted octanol–water partition coefficient (Wildman–Crippen LogP) is 3.66. The third kappa shape index (κ3) is 2.83. The molecule has 1 saturated carbocycles. The minimum atomic E-state index is -0.145. The van der Waals surface area contributed by atoms with Crippen LogP contribution >= 0.6 is 0 Å². The van der Waals surface area contributed by atoms with E-state index in [0.717, 1.165) is 19.4 Å². The summed E-state index contributed by atoms with van der Waals surface area (Å²) in [5.41, 5.74) is 7.09. The van der Waals surface area contributed by atoms with Gasteiger partial charge in [0.1, 0.15) is 5.82 Å². The fourth-order valence-corrected chi connectivity index (χ4v) is 3.46. The highest BCUT2D eigenvalue weighted by molar-refractivity contribution is 5.46. The normalized spacial score (nSPS) is 29.2. The van der Waals surface area contributed by atoms with E-state index in [1.807, 2.05) is 24.1 Å². The number of rotatable bonds is 3. The molecule has 0 saturated heterocycles. The van der Waals surface area contributed by atoms with Crippen LogP contribution in [0.15, 0.2) is 24.3 Å². The molecule has 0 radical (unpaired) electrons. The topological polar surface area (TPSA) is 29.3 Å². The minimum Gasteiger partial charge on any atom is -0.372 e. The van der Waals surface area contributed by atoms with Gasteiger partial charge in [-0.1, -0.05) is 32.9 Å². The van der Waals surface area contributed by atoms with E-state index in [1.54, 1.807) is 6.07 Å². The Morgan fingerprint density at radius 2 is 1.95 bits per heavy atom. The summed E-state index contributed by atoms with van der Waals surface area (Å²) in [6.45, 7) is 7.73. The molecule has 1 aliphatic carbocycles. The lowest BCUT2D eigenvalue weighted by atomic mass is 9.61. The Hall–Kier alpha value is -1.09. The van der Waals surface area contributed by atoms with Crippen LogP contribution in [0.5, 0.6) is 0 Å². The Morgan fingerprint density at radius 3 is 2.60 bits per heavy atom. The number of nitrogens with zero attached hydrogens (tertiary/aromatic N) is 1. The molecule has 0 spiro atoms. The van der Waals surface area contributed by atoms with E-state index in [4.69, 9.17) is 5.73 Å². The molecule has 0 aliphatic heterocycles. The van der Waals surface area contributed by atoms with Gasteiger partial charge in [0.2, 0.25) is 0 Å². The molecule has 1 aromatic rings. The Balaban J connectivity index is 2.12. The zero-order valence-electron chi connectivity index (χ0n) is 13.1. The van der Waals surface area contributed by atoms with E-state index in [2.05, 4.69) is 20.8 Å². The first-order valence-corrected chi connectivity index (χ1v) is 7.55. The fourth-order valence-electron chi connectivity index (χ4n) is 3.46. The number of hydrogen-bond donors (Lipinski definition) is 1. The highest BCUT2D eigenvalue weighted by atomic mass is 19.1. The van der Waals surface area contributed by atoms with Gasteiger partial charge in [-0.3, -0.25) is 0 Å². The molecule has 2 N–H and O–H groups in total. The van der Waals surface area contributed by atoms with Crippen LogP contribution in [0.2, 0.25) is 0 Å². The van der Waals surface area contributed by atoms with Crippen LogP contribution < -0.4 is 10.6 Å². The second-order valence-corrected chi connectivity index (χ2v) is 6.88. The molecule has 1 aromatic carbocycles. The third-order valence-corrected chi connectivity index (χ3v) is 5.47. The average molecular weight is 278 g/mol. The first kappa shape index (κ1) is 15.3. The SMILES string of the molecule is CC1C(N)CCC(CN(C)c2ccccc2F)C1(C)C. The molecule has 1 fully saturated rings. The average Bonchev–Trinajstić information content (AvgIpc) is 2.40. The van der Waals surface area contributed by atoms with Crippen LogP contribution in [0.25, 0.3) is 0 Å². The highest BCUT2D eigenvalue weighted by Crippen LogP contribution is 2.44. The Labute approximate surface area is 122 Å². The maximum atomic E-state index is 13.9. The lowest BCUT2D eigenvalue weighted by Crippen LogP contribution is -2.49.